The Morgan fingerprint density at radius 1 is 1.56 bits per heavy atom. The van der Waals surface area contributed by atoms with Crippen LogP contribution in [0.25, 0.3) is 0 Å². The number of hydrogen-bond donors (Lipinski definition) is 1. The summed E-state index contributed by atoms with van der Waals surface area (Å²) in [5, 5.41) is 3.85. The highest BCUT2D eigenvalue weighted by Gasteiger charge is 2.14. The summed E-state index contributed by atoms with van der Waals surface area (Å²) in [4.78, 5) is 4.22. The van der Waals surface area contributed by atoms with Gasteiger partial charge in [0, 0.05) is 23.8 Å². The summed E-state index contributed by atoms with van der Waals surface area (Å²) in [5.74, 6) is 0.721. The summed E-state index contributed by atoms with van der Waals surface area (Å²) in [6.45, 7) is 1.64. The van der Waals surface area contributed by atoms with Gasteiger partial charge in [-0.2, -0.15) is 0 Å². The monoisotopic (exact) mass is 304 g/mol. The Balaban J connectivity index is 1.88. The lowest BCUT2D eigenvalue weighted by atomic mass is 10.1. The molecule has 0 aromatic carbocycles. The summed E-state index contributed by atoms with van der Waals surface area (Å²) in [7, 11) is 0. The molecule has 1 atom stereocenters. The lowest BCUT2D eigenvalue weighted by molar-refractivity contribution is 0.0247. The van der Waals surface area contributed by atoms with E-state index in [1.54, 1.807) is 6.20 Å². The van der Waals surface area contributed by atoms with Gasteiger partial charge in [0.25, 0.3) is 0 Å². The first-order chi connectivity index (χ1) is 7.75. The molecular weight excluding hydrogens is 291 g/mol. The van der Waals surface area contributed by atoms with Crippen LogP contribution in [0.15, 0.2) is 16.7 Å². The zero-order valence-corrected chi connectivity index (χ0v) is 11.2. The zero-order valence-electron chi connectivity index (χ0n) is 8.88. The van der Waals surface area contributed by atoms with E-state index in [2.05, 4.69) is 26.2 Å². The second-order valence-corrected chi connectivity index (χ2v) is 5.18. The van der Waals surface area contributed by atoms with E-state index in [-0.39, 0.29) is 6.10 Å². The van der Waals surface area contributed by atoms with Gasteiger partial charge in [-0.3, -0.25) is 0 Å². The van der Waals surface area contributed by atoms with Crippen molar-refractivity contribution in [3.63, 3.8) is 0 Å². The number of nitrogens with zero attached hydrogens (tertiary/aromatic N) is 1. The summed E-state index contributed by atoms with van der Waals surface area (Å²) < 4.78 is 6.51. The minimum absolute atomic E-state index is 0.287. The Bertz CT molecular complexity index is 356. The van der Waals surface area contributed by atoms with Crippen LogP contribution in [-0.2, 0) is 4.74 Å². The van der Waals surface area contributed by atoms with Crippen molar-refractivity contribution in [2.24, 2.45) is 0 Å². The summed E-state index contributed by atoms with van der Waals surface area (Å²) in [6, 6.07) is 1.83. The fraction of sp³-hybridized carbons (Fsp3) is 0.545. The van der Waals surface area contributed by atoms with Crippen molar-refractivity contribution in [2.45, 2.75) is 25.4 Å². The lowest BCUT2D eigenvalue weighted by Gasteiger charge is -2.23. The van der Waals surface area contributed by atoms with Gasteiger partial charge in [0.05, 0.1) is 11.1 Å². The number of halogens is 2. The Kier molecular flexibility index (Phi) is 4.44. The highest BCUT2D eigenvalue weighted by atomic mass is 79.9. The van der Waals surface area contributed by atoms with Gasteiger partial charge < -0.3 is 10.1 Å². The van der Waals surface area contributed by atoms with Crippen molar-refractivity contribution in [2.75, 3.05) is 18.5 Å². The molecule has 0 spiro atoms. The first kappa shape index (κ1) is 12.1. The number of anilines is 1. The molecule has 0 saturated carbocycles. The number of aromatic nitrogens is 1. The number of nitrogens with one attached hydrogen (secondary N) is 1. The summed E-state index contributed by atoms with van der Waals surface area (Å²) >= 11 is 9.38. The van der Waals surface area contributed by atoms with Crippen LogP contribution in [0.4, 0.5) is 5.82 Å². The van der Waals surface area contributed by atoms with Crippen molar-refractivity contribution in [1.82, 2.24) is 4.98 Å². The van der Waals surface area contributed by atoms with E-state index >= 15 is 0 Å². The molecule has 1 unspecified atom stereocenters. The molecule has 1 aromatic rings. The van der Waals surface area contributed by atoms with Crippen LogP contribution < -0.4 is 5.32 Å². The molecule has 2 rings (SSSR count). The van der Waals surface area contributed by atoms with E-state index in [1.807, 2.05) is 6.07 Å². The van der Waals surface area contributed by atoms with E-state index in [4.69, 9.17) is 16.3 Å². The minimum Gasteiger partial charge on any atom is -0.376 e. The van der Waals surface area contributed by atoms with E-state index in [9.17, 15) is 0 Å². The molecule has 0 bridgehead atoms. The first-order valence-corrected chi connectivity index (χ1v) is 6.59. The number of pyridine rings is 1. The molecule has 1 aliphatic heterocycles. The van der Waals surface area contributed by atoms with E-state index < -0.39 is 0 Å². The SMILES string of the molecule is Clc1cc(Br)cnc1NCC1CCCCO1. The van der Waals surface area contributed by atoms with Crippen LogP contribution >= 0.6 is 27.5 Å². The minimum atomic E-state index is 0.287. The normalized spacial score (nSPS) is 20.8. The molecule has 1 aliphatic rings. The van der Waals surface area contributed by atoms with Crippen LogP contribution in [0.1, 0.15) is 19.3 Å². The predicted molar refractivity (Wildman–Crippen MR) is 69.0 cm³/mol. The second kappa shape index (κ2) is 5.84. The van der Waals surface area contributed by atoms with Crippen LogP contribution in [0, 0.1) is 0 Å². The van der Waals surface area contributed by atoms with Gasteiger partial charge in [0.15, 0.2) is 0 Å². The molecular formula is C11H14BrClN2O. The topological polar surface area (TPSA) is 34.2 Å². The Labute approximate surface area is 109 Å². The van der Waals surface area contributed by atoms with Crippen LogP contribution in [0.2, 0.25) is 5.02 Å². The van der Waals surface area contributed by atoms with Gasteiger partial charge >= 0.3 is 0 Å². The van der Waals surface area contributed by atoms with Crippen LogP contribution in [-0.4, -0.2) is 24.2 Å². The van der Waals surface area contributed by atoms with Gasteiger partial charge in [0.2, 0.25) is 0 Å². The second-order valence-electron chi connectivity index (χ2n) is 3.85. The highest BCUT2D eigenvalue weighted by Crippen LogP contribution is 2.23. The zero-order chi connectivity index (χ0) is 11.4. The molecule has 88 valence electrons. The maximum absolute atomic E-state index is 6.05. The summed E-state index contributed by atoms with van der Waals surface area (Å²) in [5.41, 5.74) is 0. The molecule has 3 nitrogen and oxygen atoms in total. The third-order valence-corrected chi connectivity index (χ3v) is 3.30. The van der Waals surface area contributed by atoms with Gasteiger partial charge in [-0.15, -0.1) is 0 Å². The number of rotatable bonds is 3. The Morgan fingerprint density at radius 3 is 3.12 bits per heavy atom. The molecule has 1 fully saturated rings. The fourth-order valence-electron chi connectivity index (χ4n) is 1.72. The first-order valence-electron chi connectivity index (χ1n) is 5.42. The van der Waals surface area contributed by atoms with E-state index in [1.165, 1.54) is 12.8 Å². The van der Waals surface area contributed by atoms with E-state index in [0.29, 0.717) is 5.02 Å². The van der Waals surface area contributed by atoms with Gasteiger partial charge in [-0.05, 0) is 41.3 Å². The standard InChI is InChI=1S/C11H14BrClN2O/c12-8-5-10(13)11(14-6-8)15-7-9-3-1-2-4-16-9/h5-6,9H,1-4,7H2,(H,14,15). The smallest absolute Gasteiger partial charge is 0.144 e. The maximum atomic E-state index is 6.05. The molecule has 5 heteroatoms. The molecule has 1 aromatic heterocycles. The molecule has 0 radical (unpaired) electrons. The maximum Gasteiger partial charge on any atom is 0.144 e. The average molecular weight is 306 g/mol. The number of ether oxygens (including phenoxy) is 1. The molecule has 0 aliphatic carbocycles. The molecule has 2 heterocycles. The largest absolute Gasteiger partial charge is 0.376 e. The Hall–Kier alpha value is -0.320. The fourth-order valence-corrected chi connectivity index (χ4v) is 2.42. The van der Waals surface area contributed by atoms with Crippen molar-refractivity contribution in [1.29, 1.82) is 0 Å². The van der Waals surface area contributed by atoms with Crippen molar-refractivity contribution < 1.29 is 4.74 Å². The van der Waals surface area contributed by atoms with E-state index in [0.717, 1.165) is 29.9 Å². The highest BCUT2D eigenvalue weighted by molar-refractivity contribution is 9.10. The average Bonchev–Trinajstić information content (AvgIpc) is 2.29. The number of hydrogen-bond acceptors (Lipinski definition) is 3. The van der Waals surface area contributed by atoms with Crippen molar-refractivity contribution >= 4 is 33.3 Å². The van der Waals surface area contributed by atoms with Gasteiger partial charge in [0.1, 0.15) is 5.82 Å². The van der Waals surface area contributed by atoms with Crippen molar-refractivity contribution in [3.05, 3.63) is 21.8 Å². The molecule has 0 amide bonds. The van der Waals surface area contributed by atoms with Crippen LogP contribution in [0.5, 0.6) is 0 Å². The third kappa shape index (κ3) is 3.34. The van der Waals surface area contributed by atoms with Crippen molar-refractivity contribution in [3.8, 4) is 0 Å². The third-order valence-electron chi connectivity index (χ3n) is 2.58. The molecule has 16 heavy (non-hydrogen) atoms. The lowest BCUT2D eigenvalue weighted by Crippen LogP contribution is -2.27. The van der Waals surface area contributed by atoms with Gasteiger partial charge in [-0.25, -0.2) is 4.98 Å². The van der Waals surface area contributed by atoms with Crippen LogP contribution in [0.3, 0.4) is 0 Å². The molecule has 1 saturated heterocycles. The predicted octanol–water partition coefficient (Wildman–Crippen LogP) is 3.48. The Morgan fingerprint density at radius 2 is 2.44 bits per heavy atom. The summed E-state index contributed by atoms with van der Waals surface area (Å²) in [6.07, 6.45) is 5.55. The van der Waals surface area contributed by atoms with Gasteiger partial charge in [-0.1, -0.05) is 11.6 Å². The quantitative estimate of drug-likeness (QED) is 0.928. The molecule has 1 N–H and O–H groups in total.